The van der Waals surface area contributed by atoms with Crippen molar-refractivity contribution in [2.24, 2.45) is 0 Å². The molecule has 10 nitrogen and oxygen atoms in total. The number of carbonyl (C=O) groups excluding carboxylic acids is 1. The summed E-state index contributed by atoms with van der Waals surface area (Å²) in [7, 11) is 1.68. The molecule has 1 atom stereocenters. The highest BCUT2D eigenvalue weighted by molar-refractivity contribution is 5.82. The number of hydrogen-bond acceptors (Lipinski definition) is 8. The SMILES string of the molecule is COC[C@H](C)Nc1ncc2c(-c3ccnc(N4CCN(C(C)=O)CC4)c3)cc(C3CCC(O)CC3)n2n1. The summed E-state index contributed by atoms with van der Waals surface area (Å²) in [4.78, 5) is 25.1. The highest BCUT2D eigenvalue weighted by atomic mass is 16.5. The molecule has 0 radical (unpaired) electrons. The van der Waals surface area contributed by atoms with Crippen LogP contribution in [0.15, 0.2) is 30.6 Å². The molecule has 2 aliphatic rings. The molecular formula is C27H37N7O3. The Balaban J connectivity index is 1.49. The van der Waals surface area contributed by atoms with Crippen LogP contribution in [-0.4, -0.2) is 87.5 Å². The number of anilines is 2. The predicted molar refractivity (Wildman–Crippen MR) is 143 cm³/mol. The minimum Gasteiger partial charge on any atom is -0.393 e. The number of nitrogens with zero attached hydrogens (tertiary/aromatic N) is 6. The zero-order chi connectivity index (χ0) is 25.9. The molecule has 2 fully saturated rings. The molecule has 1 amide bonds. The van der Waals surface area contributed by atoms with Crippen LogP contribution in [-0.2, 0) is 9.53 Å². The Hall–Kier alpha value is -3.24. The number of rotatable bonds is 7. The third kappa shape index (κ3) is 5.55. The summed E-state index contributed by atoms with van der Waals surface area (Å²) in [5, 5.41) is 18.3. The van der Waals surface area contributed by atoms with Gasteiger partial charge in [-0.1, -0.05) is 0 Å². The van der Waals surface area contributed by atoms with Crippen molar-refractivity contribution >= 4 is 23.2 Å². The Kier molecular flexibility index (Phi) is 7.57. The Morgan fingerprint density at radius 3 is 2.62 bits per heavy atom. The van der Waals surface area contributed by atoms with Crippen LogP contribution < -0.4 is 10.2 Å². The molecule has 0 bridgehead atoms. The quantitative estimate of drug-likeness (QED) is 0.503. The third-order valence-electron chi connectivity index (χ3n) is 7.56. The second kappa shape index (κ2) is 11.0. The maximum absolute atomic E-state index is 11.7. The minimum absolute atomic E-state index is 0.0805. The topological polar surface area (TPSA) is 108 Å². The number of amides is 1. The van der Waals surface area contributed by atoms with Crippen molar-refractivity contribution in [3.05, 3.63) is 36.3 Å². The fourth-order valence-corrected chi connectivity index (χ4v) is 5.50. The van der Waals surface area contributed by atoms with Crippen molar-refractivity contribution < 1.29 is 14.6 Å². The van der Waals surface area contributed by atoms with E-state index in [0.717, 1.165) is 66.9 Å². The molecule has 3 aromatic rings. The third-order valence-corrected chi connectivity index (χ3v) is 7.56. The van der Waals surface area contributed by atoms with Gasteiger partial charge in [-0.15, -0.1) is 5.10 Å². The summed E-state index contributed by atoms with van der Waals surface area (Å²) in [6, 6.07) is 6.48. The van der Waals surface area contributed by atoms with E-state index in [4.69, 9.17) is 9.84 Å². The smallest absolute Gasteiger partial charge is 0.241 e. The fourth-order valence-electron chi connectivity index (χ4n) is 5.50. The summed E-state index contributed by atoms with van der Waals surface area (Å²) >= 11 is 0. The van der Waals surface area contributed by atoms with Gasteiger partial charge in [-0.3, -0.25) is 4.79 Å². The highest BCUT2D eigenvalue weighted by Crippen LogP contribution is 2.38. The van der Waals surface area contributed by atoms with Crippen LogP contribution in [0.5, 0.6) is 0 Å². The molecule has 0 unspecified atom stereocenters. The molecule has 0 spiro atoms. The maximum atomic E-state index is 11.7. The monoisotopic (exact) mass is 507 g/mol. The van der Waals surface area contributed by atoms with Crippen LogP contribution in [0.2, 0.25) is 0 Å². The van der Waals surface area contributed by atoms with Crippen molar-refractivity contribution in [3.8, 4) is 11.1 Å². The lowest BCUT2D eigenvalue weighted by Gasteiger charge is -2.35. The first-order chi connectivity index (χ1) is 17.9. The number of aromatic nitrogens is 4. The Morgan fingerprint density at radius 1 is 1.16 bits per heavy atom. The first-order valence-corrected chi connectivity index (χ1v) is 13.2. The highest BCUT2D eigenvalue weighted by Gasteiger charge is 2.26. The minimum atomic E-state index is -0.213. The van der Waals surface area contributed by atoms with E-state index in [1.165, 1.54) is 0 Å². The molecule has 1 saturated heterocycles. The van der Waals surface area contributed by atoms with Gasteiger partial charge >= 0.3 is 0 Å². The summed E-state index contributed by atoms with van der Waals surface area (Å²) in [5.41, 5.74) is 4.24. The predicted octanol–water partition coefficient (Wildman–Crippen LogP) is 2.93. The second-order valence-corrected chi connectivity index (χ2v) is 10.3. The molecule has 5 rings (SSSR count). The van der Waals surface area contributed by atoms with Gasteiger partial charge in [0.2, 0.25) is 11.9 Å². The van der Waals surface area contributed by atoms with E-state index in [1.807, 2.05) is 34.8 Å². The average molecular weight is 508 g/mol. The molecule has 4 heterocycles. The van der Waals surface area contributed by atoms with E-state index < -0.39 is 0 Å². The molecular weight excluding hydrogens is 470 g/mol. The maximum Gasteiger partial charge on any atom is 0.241 e. The average Bonchev–Trinajstić information content (AvgIpc) is 3.28. The number of aliphatic hydroxyl groups is 1. The molecule has 0 aromatic carbocycles. The van der Waals surface area contributed by atoms with E-state index >= 15 is 0 Å². The first-order valence-electron chi connectivity index (χ1n) is 13.2. The number of nitrogens with one attached hydrogen (secondary N) is 1. The second-order valence-electron chi connectivity index (χ2n) is 10.3. The molecule has 198 valence electrons. The van der Waals surface area contributed by atoms with Crippen LogP contribution in [0.4, 0.5) is 11.8 Å². The van der Waals surface area contributed by atoms with E-state index in [9.17, 15) is 9.90 Å². The van der Waals surface area contributed by atoms with Gasteiger partial charge in [-0.25, -0.2) is 14.5 Å². The van der Waals surface area contributed by atoms with Crippen molar-refractivity contribution in [1.82, 2.24) is 24.5 Å². The van der Waals surface area contributed by atoms with Crippen molar-refractivity contribution in [3.63, 3.8) is 0 Å². The molecule has 1 aliphatic heterocycles. The molecule has 37 heavy (non-hydrogen) atoms. The van der Waals surface area contributed by atoms with E-state index in [2.05, 4.69) is 32.3 Å². The number of methoxy groups -OCH3 is 1. The standard InChI is InChI=1S/C27H37N7O3/c1-18(17-37-3)30-27-29-16-25-23(15-24(34(25)31-27)20-4-6-22(36)7-5-20)21-8-9-28-26(14-21)33-12-10-32(11-13-33)19(2)35/h8-9,14-16,18,20,22,36H,4-7,10-13,17H2,1-3H3,(H,30,31)/t18-,20?,22?/m0/s1. The fraction of sp³-hybridized carbons (Fsp3) is 0.556. The molecule has 2 N–H and O–H groups in total. The zero-order valence-corrected chi connectivity index (χ0v) is 21.9. The number of fused-ring (bicyclic) bond motifs is 1. The van der Waals surface area contributed by atoms with E-state index in [-0.39, 0.29) is 18.1 Å². The summed E-state index contributed by atoms with van der Waals surface area (Å²) in [5.74, 6) is 1.92. The van der Waals surface area contributed by atoms with Crippen LogP contribution in [0.1, 0.15) is 51.1 Å². The van der Waals surface area contributed by atoms with Gasteiger partial charge in [0, 0.05) is 69.6 Å². The zero-order valence-electron chi connectivity index (χ0n) is 21.9. The number of hydrogen-bond donors (Lipinski definition) is 2. The molecule has 1 aliphatic carbocycles. The Labute approximate surface area is 217 Å². The van der Waals surface area contributed by atoms with Gasteiger partial charge in [0.1, 0.15) is 5.82 Å². The van der Waals surface area contributed by atoms with Gasteiger partial charge in [-0.2, -0.15) is 0 Å². The summed E-state index contributed by atoms with van der Waals surface area (Å²) in [6.45, 7) is 7.17. The number of piperazine rings is 1. The van der Waals surface area contributed by atoms with Crippen molar-refractivity contribution in [2.45, 2.75) is 57.6 Å². The van der Waals surface area contributed by atoms with Crippen molar-refractivity contribution in [1.29, 1.82) is 0 Å². The number of ether oxygens (including phenoxy) is 1. The van der Waals surface area contributed by atoms with Gasteiger partial charge in [0.15, 0.2) is 0 Å². The normalized spacial score (nSPS) is 21.3. The first kappa shape index (κ1) is 25.4. The lowest BCUT2D eigenvalue weighted by molar-refractivity contribution is -0.129. The van der Waals surface area contributed by atoms with Crippen LogP contribution in [0.3, 0.4) is 0 Å². The van der Waals surface area contributed by atoms with Gasteiger partial charge < -0.3 is 25.0 Å². The summed E-state index contributed by atoms with van der Waals surface area (Å²) in [6.07, 6.45) is 7.00. The van der Waals surface area contributed by atoms with Crippen LogP contribution in [0.25, 0.3) is 16.6 Å². The van der Waals surface area contributed by atoms with Crippen LogP contribution >= 0.6 is 0 Å². The summed E-state index contributed by atoms with van der Waals surface area (Å²) < 4.78 is 7.28. The largest absolute Gasteiger partial charge is 0.393 e. The number of pyridine rings is 1. The lowest BCUT2D eigenvalue weighted by atomic mass is 9.85. The van der Waals surface area contributed by atoms with Crippen molar-refractivity contribution in [2.75, 3.05) is 50.1 Å². The molecule has 10 heteroatoms. The molecule has 1 saturated carbocycles. The van der Waals surface area contributed by atoms with Gasteiger partial charge in [0.05, 0.1) is 24.4 Å². The van der Waals surface area contributed by atoms with E-state index in [0.29, 0.717) is 31.6 Å². The van der Waals surface area contributed by atoms with Gasteiger partial charge in [0.25, 0.3) is 0 Å². The Morgan fingerprint density at radius 2 is 1.92 bits per heavy atom. The van der Waals surface area contributed by atoms with Crippen LogP contribution in [0, 0.1) is 0 Å². The number of aliphatic hydroxyl groups excluding tert-OH is 1. The molecule has 3 aromatic heterocycles. The Bertz CT molecular complexity index is 1230. The van der Waals surface area contributed by atoms with Gasteiger partial charge in [-0.05, 0) is 56.4 Å². The number of carbonyl (C=O) groups is 1. The van der Waals surface area contributed by atoms with E-state index in [1.54, 1.807) is 14.0 Å². The lowest BCUT2D eigenvalue weighted by Crippen LogP contribution is -2.48.